The number of carbonyl (C=O) groups is 1. The van der Waals surface area contributed by atoms with E-state index in [1.807, 2.05) is 36.6 Å². The monoisotopic (exact) mass is 355 g/mol. The summed E-state index contributed by atoms with van der Waals surface area (Å²) in [4.78, 5) is 18.7. The van der Waals surface area contributed by atoms with Gasteiger partial charge in [-0.1, -0.05) is 19.9 Å². The first kappa shape index (κ1) is 17.3. The van der Waals surface area contributed by atoms with Crippen LogP contribution in [0.25, 0.3) is 10.9 Å². The first-order valence-corrected chi connectivity index (χ1v) is 9.01. The summed E-state index contributed by atoms with van der Waals surface area (Å²) in [6.07, 6.45) is 0. The molecular weight excluding hydrogens is 334 g/mol. The zero-order chi connectivity index (χ0) is 18.0. The molecule has 7 heteroatoms. The van der Waals surface area contributed by atoms with Crippen LogP contribution in [0.5, 0.6) is 0 Å². The van der Waals surface area contributed by atoms with Gasteiger partial charge in [0.2, 0.25) is 0 Å². The fourth-order valence-electron chi connectivity index (χ4n) is 2.46. The Bertz CT molecular complexity index is 905. The van der Waals surface area contributed by atoms with Crippen LogP contribution in [0.4, 0.5) is 10.5 Å². The van der Waals surface area contributed by atoms with E-state index >= 15 is 0 Å². The number of amides is 2. The van der Waals surface area contributed by atoms with Gasteiger partial charge in [-0.25, -0.2) is 9.78 Å². The fourth-order valence-corrected chi connectivity index (χ4v) is 3.28. The highest BCUT2D eigenvalue weighted by molar-refractivity contribution is 7.09. The van der Waals surface area contributed by atoms with Gasteiger partial charge in [0.25, 0.3) is 0 Å². The smallest absolute Gasteiger partial charge is 0.321 e. The lowest BCUT2D eigenvalue weighted by molar-refractivity contribution is 0.220. The molecule has 0 aliphatic rings. The molecule has 0 radical (unpaired) electrons. The Labute approximate surface area is 150 Å². The Morgan fingerprint density at radius 3 is 2.84 bits per heavy atom. The van der Waals surface area contributed by atoms with E-state index in [2.05, 4.69) is 34.3 Å². The summed E-state index contributed by atoms with van der Waals surface area (Å²) in [6, 6.07) is 7.35. The van der Waals surface area contributed by atoms with Crippen LogP contribution in [-0.2, 0) is 6.54 Å². The lowest BCUT2D eigenvalue weighted by Gasteiger charge is -2.17. The van der Waals surface area contributed by atoms with Crippen molar-refractivity contribution in [1.82, 2.24) is 20.1 Å². The number of hydrogen-bond donors (Lipinski definition) is 1. The van der Waals surface area contributed by atoms with E-state index in [0.717, 1.165) is 33.0 Å². The molecule has 6 nitrogen and oxygen atoms in total. The second-order valence-corrected chi connectivity index (χ2v) is 7.23. The van der Waals surface area contributed by atoms with Gasteiger partial charge >= 0.3 is 6.03 Å². The van der Waals surface area contributed by atoms with E-state index in [1.54, 1.807) is 23.3 Å². The number of fused-ring (bicyclic) bond motifs is 1. The van der Waals surface area contributed by atoms with Crippen molar-refractivity contribution in [2.24, 2.45) is 0 Å². The topological polar surface area (TPSA) is 71.0 Å². The molecule has 0 saturated carbocycles. The molecule has 0 unspecified atom stereocenters. The van der Waals surface area contributed by atoms with Crippen LogP contribution in [0, 0.1) is 6.92 Å². The molecule has 2 amide bonds. The van der Waals surface area contributed by atoms with Gasteiger partial charge in [0.1, 0.15) is 0 Å². The van der Waals surface area contributed by atoms with E-state index in [-0.39, 0.29) is 6.03 Å². The number of thiazole rings is 1. The maximum Gasteiger partial charge on any atom is 0.321 e. The van der Waals surface area contributed by atoms with Crippen molar-refractivity contribution in [3.05, 3.63) is 46.0 Å². The standard InChI is InChI=1S/C18H21N5OS/c1-11(2)17-19-13(10-25-17)9-23(4)18(24)20-15-6-5-7-16-14(15)8-12(3)21-22-16/h5-8,10-11H,9H2,1-4H3,(H,20,24). The van der Waals surface area contributed by atoms with Gasteiger partial charge in [0, 0.05) is 23.7 Å². The quantitative estimate of drug-likeness (QED) is 0.762. The maximum atomic E-state index is 12.5. The number of urea groups is 1. The minimum absolute atomic E-state index is 0.180. The van der Waals surface area contributed by atoms with E-state index in [9.17, 15) is 4.79 Å². The van der Waals surface area contributed by atoms with Crippen LogP contribution in [0.3, 0.4) is 0 Å². The Hall–Kier alpha value is -2.54. The molecule has 0 spiro atoms. The van der Waals surface area contributed by atoms with Crippen LogP contribution in [-0.4, -0.2) is 33.2 Å². The molecule has 2 heterocycles. The van der Waals surface area contributed by atoms with Crippen LogP contribution in [0.15, 0.2) is 29.6 Å². The number of nitrogens with one attached hydrogen (secondary N) is 1. The summed E-state index contributed by atoms with van der Waals surface area (Å²) in [5.41, 5.74) is 3.21. The lowest BCUT2D eigenvalue weighted by Crippen LogP contribution is -2.31. The van der Waals surface area contributed by atoms with E-state index in [0.29, 0.717) is 12.5 Å². The molecule has 3 rings (SSSR count). The Balaban J connectivity index is 1.74. The molecule has 0 aliphatic heterocycles. The molecule has 0 atom stereocenters. The van der Waals surface area contributed by atoms with E-state index < -0.39 is 0 Å². The van der Waals surface area contributed by atoms with E-state index in [1.165, 1.54) is 0 Å². The SMILES string of the molecule is Cc1cc2c(NC(=O)N(C)Cc3csc(C(C)C)n3)cccc2nn1. The van der Waals surface area contributed by atoms with Gasteiger partial charge in [-0.3, -0.25) is 0 Å². The first-order chi connectivity index (χ1) is 11.9. The number of anilines is 1. The highest BCUT2D eigenvalue weighted by Crippen LogP contribution is 2.23. The summed E-state index contributed by atoms with van der Waals surface area (Å²) >= 11 is 1.63. The van der Waals surface area contributed by atoms with Crippen molar-refractivity contribution >= 4 is 34.0 Å². The lowest BCUT2D eigenvalue weighted by atomic mass is 10.2. The zero-order valence-electron chi connectivity index (χ0n) is 14.8. The second-order valence-electron chi connectivity index (χ2n) is 6.34. The fraction of sp³-hybridized carbons (Fsp3) is 0.333. The van der Waals surface area contributed by atoms with Gasteiger partial charge in [-0.2, -0.15) is 10.2 Å². The number of rotatable bonds is 4. The Morgan fingerprint density at radius 1 is 1.32 bits per heavy atom. The number of benzene rings is 1. The van der Waals surface area contributed by atoms with Crippen LogP contribution in [0.2, 0.25) is 0 Å². The van der Waals surface area contributed by atoms with Gasteiger partial charge < -0.3 is 10.2 Å². The molecule has 130 valence electrons. The third kappa shape index (κ3) is 3.93. The molecule has 3 aromatic rings. The minimum Gasteiger partial charge on any atom is -0.322 e. The molecule has 0 fully saturated rings. The third-order valence-electron chi connectivity index (χ3n) is 3.80. The first-order valence-electron chi connectivity index (χ1n) is 8.13. The summed E-state index contributed by atoms with van der Waals surface area (Å²) in [5.74, 6) is 0.401. The molecule has 0 saturated heterocycles. The van der Waals surface area contributed by atoms with Crippen molar-refractivity contribution in [2.45, 2.75) is 33.2 Å². The van der Waals surface area contributed by atoms with Crippen molar-refractivity contribution in [3.63, 3.8) is 0 Å². The Kier molecular flexibility index (Phi) is 4.94. The van der Waals surface area contributed by atoms with Crippen molar-refractivity contribution in [2.75, 3.05) is 12.4 Å². The summed E-state index contributed by atoms with van der Waals surface area (Å²) in [7, 11) is 1.76. The normalized spacial score (nSPS) is 11.1. The van der Waals surface area contributed by atoms with Gasteiger partial charge in [0.15, 0.2) is 0 Å². The molecular formula is C18H21N5OS. The van der Waals surface area contributed by atoms with Gasteiger partial charge in [-0.15, -0.1) is 11.3 Å². The van der Waals surface area contributed by atoms with Gasteiger partial charge in [0.05, 0.1) is 34.1 Å². The average molecular weight is 355 g/mol. The maximum absolute atomic E-state index is 12.5. The number of carbonyl (C=O) groups excluding carboxylic acids is 1. The van der Waals surface area contributed by atoms with E-state index in [4.69, 9.17) is 0 Å². The summed E-state index contributed by atoms with van der Waals surface area (Å²) in [5, 5.41) is 15.1. The predicted octanol–water partition coefficient (Wildman–Crippen LogP) is 4.18. The van der Waals surface area contributed by atoms with Crippen molar-refractivity contribution < 1.29 is 4.79 Å². The van der Waals surface area contributed by atoms with Crippen LogP contribution >= 0.6 is 11.3 Å². The van der Waals surface area contributed by atoms with Crippen LogP contribution in [0.1, 0.15) is 36.2 Å². The molecule has 0 aliphatic carbocycles. The number of nitrogens with zero attached hydrogens (tertiary/aromatic N) is 4. The zero-order valence-corrected chi connectivity index (χ0v) is 15.6. The highest BCUT2D eigenvalue weighted by Gasteiger charge is 2.14. The second kappa shape index (κ2) is 7.14. The highest BCUT2D eigenvalue weighted by atomic mass is 32.1. The predicted molar refractivity (Wildman–Crippen MR) is 101 cm³/mol. The number of aromatic nitrogens is 3. The Morgan fingerprint density at radius 2 is 2.12 bits per heavy atom. The molecule has 1 N–H and O–H groups in total. The molecule has 1 aromatic carbocycles. The molecule has 2 aromatic heterocycles. The molecule has 0 bridgehead atoms. The third-order valence-corrected chi connectivity index (χ3v) is 5.00. The number of aryl methyl sites for hydroxylation is 1. The van der Waals surface area contributed by atoms with Crippen molar-refractivity contribution in [1.29, 1.82) is 0 Å². The van der Waals surface area contributed by atoms with Crippen LogP contribution < -0.4 is 5.32 Å². The summed E-state index contributed by atoms with van der Waals surface area (Å²) < 4.78 is 0. The average Bonchev–Trinajstić information content (AvgIpc) is 3.04. The summed E-state index contributed by atoms with van der Waals surface area (Å²) in [6.45, 7) is 6.58. The largest absolute Gasteiger partial charge is 0.322 e. The molecule has 25 heavy (non-hydrogen) atoms. The van der Waals surface area contributed by atoms with Crippen molar-refractivity contribution in [3.8, 4) is 0 Å². The number of hydrogen-bond acceptors (Lipinski definition) is 5. The van der Waals surface area contributed by atoms with Gasteiger partial charge in [-0.05, 0) is 25.1 Å². The minimum atomic E-state index is -0.180.